The van der Waals surface area contributed by atoms with Crippen LogP contribution in [0.1, 0.15) is 12.8 Å². The van der Waals surface area contributed by atoms with E-state index >= 15 is 0 Å². The van der Waals surface area contributed by atoms with Crippen LogP contribution in [0.3, 0.4) is 0 Å². The zero-order valence-corrected chi connectivity index (χ0v) is 22.4. The van der Waals surface area contributed by atoms with E-state index in [-0.39, 0.29) is 18.6 Å². The van der Waals surface area contributed by atoms with Crippen LogP contribution in [-0.2, 0) is 4.79 Å². The SMILES string of the molecule is O=C(O)[C@@H]1[C@H]2CC[C@@H](CN1C(=O)N(c1ccccc1)c1ccccc1)N2C(=O)N(c1ccccc1)c1ccccc1. The molecular formula is C33H30N4O4. The molecule has 4 amide bonds. The average Bonchev–Trinajstić information content (AvgIpc) is 3.31. The van der Waals surface area contributed by atoms with Crippen molar-refractivity contribution in [3.05, 3.63) is 121 Å². The number of hydrogen-bond acceptors (Lipinski definition) is 3. The van der Waals surface area contributed by atoms with Crippen LogP contribution in [0.5, 0.6) is 0 Å². The number of benzene rings is 4. The predicted octanol–water partition coefficient (Wildman–Crippen LogP) is 6.50. The van der Waals surface area contributed by atoms with E-state index in [2.05, 4.69) is 0 Å². The van der Waals surface area contributed by atoms with Crippen LogP contribution in [0, 0.1) is 0 Å². The van der Waals surface area contributed by atoms with Crippen molar-refractivity contribution >= 4 is 40.8 Å². The lowest BCUT2D eigenvalue weighted by molar-refractivity contribution is -0.145. The van der Waals surface area contributed by atoms with Crippen molar-refractivity contribution in [3.8, 4) is 0 Å². The van der Waals surface area contributed by atoms with Gasteiger partial charge in [0.25, 0.3) is 0 Å². The normalized spacial score (nSPS) is 19.5. The third-order valence-electron chi connectivity index (χ3n) is 7.81. The fraction of sp³-hybridized carbons (Fsp3) is 0.182. The van der Waals surface area contributed by atoms with Gasteiger partial charge in [0.1, 0.15) is 0 Å². The number of amides is 4. The number of likely N-dealkylation sites (tertiary alicyclic amines) is 1. The molecule has 4 aromatic rings. The van der Waals surface area contributed by atoms with E-state index in [1.807, 2.05) is 121 Å². The van der Waals surface area contributed by atoms with Gasteiger partial charge in [-0.15, -0.1) is 0 Å². The fourth-order valence-electron chi connectivity index (χ4n) is 6.03. The summed E-state index contributed by atoms with van der Waals surface area (Å²) >= 11 is 0. The molecule has 8 nitrogen and oxygen atoms in total. The van der Waals surface area contributed by atoms with Gasteiger partial charge in [0.15, 0.2) is 6.04 Å². The van der Waals surface area contributed by atoms with Crippen LogP contribution in [0.25, 0.3) is 0 Å². The van der Waals surface area contributed by atoms with E-state index in [9.17, 15) is 19.5 Å². The number of carbonyl (C=O) groups is 3. The topological polar surface area (TPSA) is 84.4 Å². The second-order valence-corrected chi connectivity index (χ2v) is 10.2. The Morgan fingerprint density at radius 2 is 0.976 bits per heavy atom. The number of hydrogen-bond donors (Lipinski definition) is 1. The average molecular weight is 547 g/mol. The predicted molar refractivity (Wildman–Crippen MR) is 158 cm³/mol. The molecule has 2 aliphatic rings. The van der Waals surface area contributed by atoms with Crippen LogP contribution in [0.4, 0.5) is 32.3 Å². The number of carboxylic acids is 1. The minimum atomic E-state index is -1.20. The molecule has 0 unspecified atom stereocenters. The zero-order valence-electron chi connectivity index (χ0n) is 22.4. The van der Waals surface area contributed by atoms with Gasteiger partial charge in [-0.25, -0.2) is 14.4 Å². The molecule has 8 heteroatoms. The molecule has 41 heavy (non-hydrogen) atoms. The Labute approximate surface area is 238 Å². The summed E-state index contributed by atoms with van der Waals surface area (Å²) in [6.45, 7) is 0.117. The standard InChI is InChI=1S/C33H30N4O4/c38-31(39)30-29-22-21-28(37(29)33(41)36(26-17-9-3-10-18-26)27-19-11-4-12-20-27)23-34(30)32(40)35(24-13-5-1-6-14-24)25-15-7-2-8-16-25/h1-20,28-30H,21-23H2,(H,38,39)/t28-,29+,30-/m0/s1. The molecule has 0 saturated carbocycles. The maximum atomic E-state index is 14.3. The lowest BCUT2D eigenvalue weighted by Gasteiger charge is -2.47. The van der Waals surface area contributed by atoms with Crippen LogP contribution >= 0.6 is 0 Å². The Morgan fingerprint density at radius 3 is 1.37 bits per heavy atom. The summed E-state index contributed by atoms with van der Waals surface area (Å²) in [5.74, 6) is -1.13. The Kier molecular flexibility index (Phi) is 7.12. The summed E-state index contributed by atoms with van der Waals surface area (Å²) in [6, 6.07) is 34.2. The summed E-state index contributed by atoms with van der Waals surface area (Å²) in [5.41, 5.74) is 2.65. The smallest absolute Gasteiger partial charge is 0.329 e. The number of carboxylic acid groups (broad SMARTS) is 1. The van der Waals surface area contributed by atoms with Crippen molar-refractivity contribution in [2.24, 2.45) is 0 Å². The first-order valence-electron chi connectivity index (χ1n) is 13.7. The fourth-order valence-corrected chi connectivity index (χ4v) is 6.03. The van der Waals surface area contributed by atoms with Crippen molar-refractivity contribution in [3.63, 3.8) is 0 Å². The first kappa shape index (κ1) is 26.1. The van der Waals surface area contributed by atoms with Gasteiger partial charge in [-0.1, -0.05) is 72.8 Å². The van der Waals surface area contributed by atoms with Gasteiger partial charge >= 0.3 is 18.0 Å². The van der Waals surface area contributed by atoms with Gasteiger partial charge in [0.05, 0.1) is 34.8 Å². The van der Waals surface area contributed by atoms with E-state index in [0.29, 0.717) is 35.6 Å². The molecule has 2 bridgehead atoms. The number of urea groups is 2. The summed E-state index contributed by atoms with van der Waals surface area (Å²) in [5, 5.41) is 10.5. The molecule has 6 rings (SSSR count). The quantitative estimate of drug-likeness (QED) is 0.310. The second-order valence-electron chi connectivity index (χ2n) is 10.2. The molecule has 2 fully saturated rings. The van der Waals surface area contributed by atoms with E-state index < -0.39 is 24.1 Å². The van der Waals surface area contributed by atoms with Crippen molar-refractivity contribution in [2.75, 3.05) is 16.3 Å². The van der Waals surface area contributed by atoms with Gasteiger partial charge < -0.3 is 14.9 Å². The van der Waals surface area contributed by atoms with Crippen LogP contribution in [0.2, 0.25) is 0 Å². The number of carbonyl (C=O) groups excluding carboxylic acids is 2. The third-order valence-corrected chi connectivity index (χ3v) is 7.81. The maximum absolute atomic E-state index is 14.3. The number of aliphatic carboxylic acids is 1. The van der Waals surface area contributed by atoms with Gasteiger partial charge in [-0.3, -0.25) is 9.80 Å². The molecule has 1 N–H and O–H groups in total. The number of nitrogens with zero attached hydrogens (tertiary/aromatic N) is 4. The lowest BCUT2D eigenvalue weighted by Crippen LogP contribution is -2.67. The Balaban J connectivity index is 1.36. The van der Waals surface area contributed by atoms with Gasteiger partial charge in [-0.05, 0) is 61.4 Å². The van der Waals surface area contributed by atoms with Crippen molar-refractivity contribution in [1.29, 1.82) is 0 Å². The van der Waals surface area contributed by atoms with Gasteiger partial charge in [-0.2, -0.15) is 0 Å². The van der Waals surface area contributed by atoms with E-state index in [1.54, 1.807) is 14.7 Å². The first-order valence-corrected chi connectivity index (χ1v) is 13.7. The highest BCUT2D eigenvalue weighted by Gasteiger charge is 2.54. The maximum Gasteiger partial charge on any atom is 0.329 e. The number of rotatable bonds is 5. The van der Waals surface area contributed by atoms with Crippen molar-refractivity contribution in [2.45, 2.75) is 31.0 Å². The van der Waals surface area contributed by atoms with Crippen LogP contribution in [-0.4, -0.2) is 57.6 Å². The first-order chi connectivity index (χ1) is 20.0. The van der Waals surface area contributed by atoms with Crippen molar-refractivity contribution < 1.29 is 19.5 Å². The number of fused-ring (bicyclic) bond motifs is 2. The zero-order chi connectivity index (χ0) is 28.3. The second kappa shape index (κ2) is 11.2. The highest BCUT2D eigenvalue weighted by Crippen LogP contribution is 2.39. The molecule has 0 aromatic heterocycles. The number of anilines is 4. The minimum absolute atomic E-state index is 0.117. The molecule has 2 saturated heterocycles. The van der Waals surface area contributed by atoms with Gasteiger partial charge in [0, 0.05) is 6.54 Å². The molecular weight excluding hydrogens is 516 g/mol. The third kappa shape index (κ3) is 4.89. The largest absolute Gasteiger partial charge is 0.480 e. The highest BCUT2D eigenvalue weighted by atomic mass is 16.4. The van der Waals surface area contributed by atoms with E-state index in [4.69, 9.17) is 0 Å². The molecule has 206 valence electrons. The molecule has 0 radical (unpaired) electrons. The molecule has 0 aliphatic carbocycles. The Hall–Kier alpha value is -5.11. The highest BCUT2D eigenvalue weighted by molar-refractivity contribution is 6.03. The molecule has 2 heterocycles. The molecule has 4 aromatic carbocycles. The Morgan fingerprint density at radius 1 is 0.585 bits per heavy atom. The van der Waals surface area contributed by atoms with Crippen LogP contribution < -0.4 is 9.80 Å². The van der Waals surface area contributed by atoms with Crippen molar-refractivity contribution in [1.82, 2.24) is 9.80 Å². The summed E-state index contributed by atoms with van der Waals surface area (Å²) in [4.78, 5) is 47.8. The molecule has 0 spiro atoms. The number of piperazine rings is 1. The summed E-state index contributed by atoms with van der Waals surface area (Å²) in [6.07, 6.45) is 1.10. The number of para-hydroxylation sites is 4. The van der Waals surface area contributed by atoms with Gasteiger partial charge in [0.2, 0.25) is 0 Å². The van der Waals surface area contributed by atoms with E-state index in [1.165, 1.54) is 4.90 Å². The lowest BCUT2D eigenvalue weighted by atomic mass is 10.0. The Bertz CT molecular complexity index is 1440. The summed E-state index contributed by atoms with van der Waals surface area (Å²) in [7, 11) is 0. The molecule has 2 aliphatic heterocycles. The summed E-state index contributed by atoms with van der Waals surface area (Å²) < 4.78 is 0. The minimum Gasteiger partial charge on any atom is -0.480 e. The molecule has 3 atom stereocenters. The monoisotopic (exact) mass is 546 g/mol. The van der Waals surface area contributed by atoms with Crippen LogP contribution in [0.15, 0.2) is 121 Å². The van der Waals surface area contributed by atoms with E-state index in [0.717, 1.165) is 0 Å².